The van der Waals surface area contributed by atoms with Crippen LogP contribution in [0.1, 0.15) is 35.2 Å². The first-order valence-corrected chi connectivity index (χ1v) is 10.8. The summed E-state index contributed by atoms with van der Waals surface area (Å²) in [7, 11) is 0. The summed E-state index contributed by atoms with van der Waals surface area (Å²) in [6.45, 7) is 1.34. The van der Waals surface area contributed by atoms with Crippen LogP contribution in [-0.4, -0.2) is 37.9 Å². The molecule has 0 unspecified atom stereocenters. The number of anilines is 1. The molecule has 7 nitrogen and oxygen atoms in total. The molecule has 5 rings (SSSR count). The zero-order valence-electron chi connectivity index (χ0n) is 17.6. The molecule has 2 aromatic heterocycles. The lowest BCUT2D eigenvalue weighted by atomic mass is 10.1. The molecule has 3 heterocycles. The summed E-state index contributed by atoms with van der Waals surface area (Å²) in [5.41, 5.74) is 4.43. The number of carbonyl (C=O) groups is 2. The minimum Gasteiger partial charge on any atom is -0.338 e. The Morgan fingerprint density at radius 1 is 1.03 bits per heavy atom. The topological polar surface area (TPSA) is 79.6 Å². The fraction of sp³-hybridized carbons (Fsp3) is 0.200. The van der Waals surface area contributed by atoms with Crippen molar-refractivity contribution in [2.24, 2.45) is 0 Å². The molecule has 1 saturated heterocycles. The maximum atomic E-state index is 13.0. The monoisotopic (exact) mass is 425 g/mol. The van der Waals surface area contributed by atoms with Gasteiger partial charge in [-0.3, -0.25) is 9.59 Å². The lowest BCUT2D eigenvalue weighted by Gasteiger charge is -2.26. The van der Waals surface area contributed by atoms with Gasteiger partial charge in [0, 0.05) is 37.0 Å². The highest BCUT2D eigenvalue weighted by Crippen LogP contribution is 2.22. The van der Waals surface area contributed by atoms with Gasteiger partial charge in [-0.05, 0) is 36.6 Å². The van der Waals surface area contributed by atoms with Crippen LogP contribution in [0.3, 0.4) is 0 Å². The van der Waals surface area contributed by atoms with Gasteiger partial charge < -0.3 is 10.2 Å². The second kappa shape index (κ2) is 8.63. The minimum atomic E-state index is -0.274. The fourth-order valence-electron chi connectivity index (χ4n) is 4.07. The summed E-state index contributed by atoms with van der Waals surface area (Å²) in [4.78, 5) is 31.4. The predicted molar refractivity (Wildman–Crippen MR) is 122 cm³/mol. The van der Waals surface area contributed by atoms with E-state index in [1.165, 1.54) is 0 Å². The molecule has 1 fully saturated rings. The van der Waals surface area contributed by atoms with Gasteiger partial charge in [-0.1, -0.05) is 42.5 Å². The van der Waals surface area contributed by atoms with Gasteiger partial charge in [0.15, 0.2) is 5.65 Å². The molecule has 160 valence electrons. The van der Waals surface area contributed by atoms with Crippen LogP contribution in [0.25, 0.3) is 16.9 Å². The molecule has 0 spiro atoms. The Morgan fingerprint density at radius 2 is 1.91 bits per heavy atom. The molecule has 0 radical (unpaired) electrons. The van der Waals surface area contributed by atoms with Gasteiger partial charge in [-0.2, -0.15) is 5.10 Å². The lowest BCUT2D eigenvalue weighted by Crippen LogP contribution is -2.34. The molecule has 0 saturated carbocycles. The van der Waals surface area contributed by atoms with E-state index in [2.05, 4.69) is 15.4 Å². The number of nitrogens with zero attached hydrogens (tertiary/aromatic N) is 4. The summed E-state index contributed by atoms with van der Waals surface area (Å²) < 4.78 is 1.68. The number of piperidine rings is 1. The number of fused-ring (bicyclic) bond motifs is 1. The van der Waals surface area contributed by atoms with Crippen LogP contribution in [0.15, 0.2) is 73.1 Å². The number of hydrogen-bond donors (Lipinski definition) is 1. The Kier molecular flexibility index (Phi) is 5.37. The van der Waals surface area contributed by atoms with Crippen molar-refractivity contribution in [1.29, 1.82) is 0 Å². The quantitative estimate of drug-likeness (QED) is 0.521. The third-order valence-corrected chi connectivity index (χ3v) is 5.70. The standard InChI is InChI=1S/C25H23N5O2/c31-23-11-4-5-14-29(23)17-18-7-6-10-20(15-18)28-25(32)21-16-27-30-22(12-13-26-24(21)30)19-8-2-1-3-9-19/h1-3,6-10,12-13,15-16H,4-5,11,14,17H2,(H,28,32). The maximum absolute atomic E-state index is 13.0. The van der Waals surface area contributed by atoms with Crippen molar-refractivity contribution in [3.05, 3.63) is 84.2 Å². The third-order valence-electron chi connectivity index (χ3n) is 5.70. The van der Waals surface area contributed by atoms with Crippen LogP contribution >= 0.6 is 0 Å². The Balaban J connectivity index is 1.37. The first-order chi connectivity index (χ1) is 15.7. The van der Waals surface area contributed by atoms with E-state index in [0.29, 0.717) is 29.9 Å². The molecule has 1 aliphatic heterocycles. The summed E-state index contributed by atoms with van der Waals surface area (Å²) >= 11 is 0. The molecule has 4 aromatic rings. The molecule has 7 heteroatoms. The Labute approximate surface area is 185 Å². The summed E-state index contributed by atoms with van der Waals surface area (Å²) in [5.74, 6) is -0.0822. The van der Waals surface area contributed by atoms with Gasteiger partial charge in [0.1, 0.15) is 5.56 Å². The average molecular weight is 425 g/mol. The van der Waals surface area contributed by atoms with Crippen molar-refractivity contribution in [2.75, 3.05) is 11.9 Å². The average Bonchev–Trinajstić information content (AvgIpc) is 3.26. The number of nitrogens with one attached hydrogen (secondary N) is 1. The molecule has 2 amide bonds. The highest BCUT2D eigenvalue weighted by molar-refractivity contribution is 6.08. The second-order valence-corrected chi connectivity index (χ2v) is 7.92. The number of rotatable bonds is 5. The van der Waals surface area contributed by atoms with Gasteiger partial charge in [-0.25, -0.2) is 9.50 Å². The number of amides is 2. The van der Waals surface area contributed by atoms with Gasteiger partial charge in [0.2, 0.25) is 5.91 Å². The molecular weight excluding hydrogens is 402 g/mol. The van der Waals surface area contributed by atoms with Gasteiger partial charge in [0.25, 0.3) is 5.91 Å². The van der Waals surface area contributed by atoms with Crippen LogP contribution in [0.2, 0.25) is 0 Å². The molecule has 1 aliphatic rings. The zero-order valence-corrected chi connectivity index (χ0v) is 17.6. The van der Waals surface area contributed by atoms with E-state index in [9.17, 15) is 9.59 Å². The number of benzene rings is 2. The Bertz CT molecular complexity index is 1280. The van der Waals surface area contributed by atoms with Gasteiger partial charge in [0.05, 0.1) is 11.9 Å². The predicted octanol–water partition coefficient (Wildman–Crippen LogP) is 4.16. The number of hydrogen-bond acceptors (Lipinski definition) is 4. The normalized spacial score (nSPS) is 14.0. The summed E-state index contributed by atoms with van der Waals surface area (Å²) in [5, 5.41) is 7.36. The smallest absolute Gasteiger partial charge is 0.261 e. The van der Waals surface area contributed by atoms with Crippen molar-refractivity contribution in [3.63, 3.8) is 0 Å². The largest absolute Gasteiger partial charge is 0.338 e. The van der Waals surface area contributed by atoms with Crippen molar-refractivity contribution in [3.8, 4) is 11.3 Å². The van der Waals surface area contributed by atoms with Crippen LogP contribution < -0.4 is 5.32 Å². The second-order valence-electron chi connectivity index (χ2n) is 7.92. The van der Waals surface area contributed by atoms with Crippen molar-refractivity contribution >= 4 is 23.1 Å². The van der Waals surface area contributed by atoms with Crippen LogP contribution in [0.5, 0.6) is 0 Å². The number of likely N-dealkylation sites (tertiary alicyclic amines) is 1. The van der Waals surface area contributed by atoms with Gasteiger partial charge >= 0.3 is 0 Å². The molecule has 32 heavy (non-hydrogen) atoms. The summed E-state index contributed by atoms with van der Waals surface area (Å²) in [6.07, 6.45) is 5.84. The molecule has 0 atom stereocenters. The molecular formula is C25H23N5O2. The van der Waals surface area contributed by atoms with E-state index in [4.69, 9.17) is 0 Å². The van der Waals surface area contributed by atoms with E-state index >= 15 is 0 Å². The highest BCUT2D eigenvalue weighted by atomic mass is 16.2. The van der Waals surface area contributed by atoms with Crippen LogP contribution in [-0.2, 0) is 11.3 Å². The number of carbonyl (C=O) groups excluding carboxylic acids is 2. The summed E-state index contributed by atoms with van der Waals surface area (Å²) in [6, 6.07) is 19.4. The molecule has 0 aliphatic carbocycles. The number of aromatic nitrogens is 3. The molecule has 0 bridgehead atoms. The zero-order chi connectivity index (χ0) is 21.9. The van der Waals surface area contributed by atoms with Crippen LogP contribution in [0, 0.1) is 0 Å². The molecule has 1 N–H and O–H groups in total. The van der Waals surface area contributed by atoms with Gasteiger partial charge in [-0.15, -0.1) is 0 Å². The van der Waals surface area contributed by atoms with Crippen molar-refractivity contribution in [1.82, 2.24) is 19.5 Å². The SMILES string of the molecule is O=C(Nc1cccc(CN2CCCCC2=O)c1)c1cnn2c(-c3ccccc3)ccnc12. The lowest BCUT2D eigenvalue weighted by molar-refractivity contribution is -0.133. The molecule has 2 aromatic carbocycles. The first-order valence-electron chi connectivity index (χ1n) is 10.8. The van der Waals surface area contributed by atoms with E-state index in [0.717, 1.165) is 36.2 Å². The third kappa shape index (κ3) is 3.97. The van der Waals surface area contributed by atoms with E-state index in [1.807, 2.05) is 65.6 Å². The van der Waals surface area contributed by atoms with E-state index in [1.54, 1.807) is 16.9 Å². The first kappa shape index (κ1) is 19.9. The van der Waals surface area contributed by atoms with E-state index < -0.39 is 0 Å². The Morgan fingerprint density at radius 3 is 2.75 bits per heavy atom. The Hall–Kier alpha value is -4.00. The fourth-order valence-corrected chi connectivity index (χ4v) is 4.07. The van der Waals surface area contributed by atoms with Crippen molar-refractivity contribution in [2.45, 2.75) is 25.8 Å². The van der Waals surface area contributed by atoms with Crippen LogP contribution in [0.4, 0.5) is 5.69 Å². The highest BCUT2D eigenvalue weighted by Gasteiger charge is 2.19. The van der Waals surface area contributed by atoms with Crippen molar-refractivity contribution < 1.29 is 9.59 Å². The minimum absolute atomic E-state index is 0.192. The maximum Gasteiger partial charge on any atom is 0.261 e. The van der Waals surface area contributed by atoms with E-state index in [-0.39, 0.29) is 11.8 Å².